The summed E-state index contributed by atoms with van der Waals surface area (Å²) in [4.78, 5) is 2.79. The van der Waals surface area contributed by atoms with Crippen molar-refractivity contribution in [3.05, 3.63) is 0 Å². The Morgan fingerprint density at radius 2 is 1.50 bits per heavy atom. The zero-order valence-electron chi connectivity index (χ0n) is 13.7. The second kappa shape index (κ2) is 5.28. The molecule has 2 N–H and O–H groups in total. The van der Waals surface area contributed by atoms with Gasteiger partial charge in [-0.15, -0.1) is 0 Å². The van der Waals surface area contributed by atoms with Crippen molar-refractivity contribution >= 4 is 0 Å². The van der Waals surface area contributed by atoms with Gasteiger partial charge in [-0.05, 0) is 68.9 Å². The summed E-state index contributed by atoms with van der Waals surface area (Å²) in [5.41, 5.74) is 7.80. The molecule has 0 aromatic heterocycles. The minimum absolute atomic E-state index is 0.333. The van der Waals surface area contributed by atoms with Crippen molar-refractivity contribution in [3.63, 3.8) is 0 Å². The number of hydrogen-bond donors (Lipinski definition) is 1. The minimum atomic E-state index is 0.333. The van der Waals surface area contributed by atoms with Crippen LogP contribution in [0.3, 0.4) is 0 Å². The fourth-order valence-corrected chi connectivity index (χ4v) is 5.47. The summed E-state index contributed by atoms with van der Waals surface area (Å²) in [7, 11) is 0. The van der Waals surface area contributed by atoms with Crippen LogP contribution in [0.2, 0.25) is 0 Å². The van der Waals surface area contributed by atoms with Gasteiger partial charge in [0.1, 0.15) is 0 Å². The van der Waals surface area contributed by atoms with Crippen molar-refractivity contribution < 1.29 is 0 Å². The molecule has 116 valence electrons. The van der Waals surface area contributed by atoms with Crippen LogP contribution in [0.4, 0.5) is 0 Å². The number of hydrogen-bond acceptors (Lipinski definition) is 2. The molecule has 2 saturated carbocycles. The molecule has 0 amide bonds. The lowest BCUT2D eigenvalue weighted by atomic mass is 9.67. The first-order valence-corrected chi connectivity index (χ1v) is 8.95. The Morgan fingerprint density at radius 1 is 0.850 bits per heavy atom. The fourth-order valence-electron chi connectivity index (χ4n) is 5.47. The van der Waals surface area contributed by atoms with E-state index < -0.39 is 0 Å². The van der Waals surface area contributed by atoms with Crippen LogP contribution in [-0.2, 0) is 0 Å². The highest BCUT2D eigenvalue weighted by Crippen LogP contribution is 2.50. The molecular weight excluding hydrogens is 244 g/mol. The molecule has 2 heteroatoms. The van der Waals surface area contributed by atoms with Crippen molar-refractivity contribution in [2.45, 2.75) is 83.6 Å². The molecule has 1 heterocycles. The van der Waals surface area contributed by atoms with E-state index in [1.165, 1.54) is 77.3 Å². The fraction of sp³-hybridized carbons (Fsp3) is 1.00. The van der Waals surface area contributed by atoms with Crippen LogP contribution in [0.5, 0.6) is 0 Å². The first kappa shape index (κ1) is 14.8. The molecule has 1 aliphatic heterocycles. The monoisotopic (exact) mass is 278 g/mol. The van der Waals surface area contributed by atoms with Crippen molar-refractivity contribution in [2.24, 2.45) is 16.6 Å². The normalized spacial score (nSPS) is 37.4. The van der Waals surface area contributed by atoms with E-state index in [2.05, 4.69) is 18.7 Å². The molecule has 0 radical (unpaired) electrons. The first-order valence-electron chi connectivity index (χ1n) is 8.95. The van der Waals surface area contributed by atoms with Gasteiger partial charge in [0.05, 0.1) is 0 Å². The molecule has 0 bridgehead atoms. The SMILES string of the molecule is CC1(C)CCC(CN)(N2CCC3(CCCCC3)CC2)C1. The maximum absolute atomic E-state index is 6.25. The molecular formula is C18H34N2. The highest BCUT2D eigenvalue weighted by atomic mass is 15.2. The van der Waals surface area contributed by atoms with Gasteiger partial charge in [-0.25, -0.2) is 0 Å². The van der Waals surface area contributed by atoms with E-state index in [1.807, 2.05) is 0 Å². The standard InChI is InChI=1S/C18H34N2/c1-16(2)8-9-18(14-16,15-19)20-12-10-17(11-13-20)6-4-3-5-7-17/h3-15,19H2,1-2H3. The Hall–Kier alpha value is -0.0800. The molecule has 2 nitrogen and oxygen atoms in total. The van der Waals surface area contributed by atoms with Gasteiger partial charge in [0.15, 0.2) is 0 Å². The van der Waals surface area contributed by atoms with Gasteiger partial charge in [-0.3, -0.25) is 4.90 Å². The predicted molar refractivity (Wildman–Crippen MR) is 85.7 cm³/mol. The van der Waals surface area contributed by atoms with E-state index in [0.29, 0.717) is 11.0 Å². The maximum Gasteiger partial charge on any atom is 0.0337 e. The number of nitrogens with zero attached hydrogens (tertiary/aromatic N) is 1. The molecule has 0 aromatic rings. The van der Waals surface area contributed by atoms with Crippen LogP contribution in [-0.4, -0.2) is 30.1 Å². The van der Waals surface area contributed by atoms with Gasteiger partial charge in [-0.2, -0.15) is 0 Å². The molecule has 1 atom stereocenters. The van der Waals surface area contributed by atoms with Gasteiger partial charge in [0.25, 0.3) is 0 Å². The zero-order chi connectivity index (χ0) is 14.3. The van der Waals surface area contributed by atoms with E-state index in [9.17, 15) is 0 Å². The highest BCUT2D eigenvalue weighted by molar-refractivity contribution is 5.04. The Morgan fingerprint density at radius 3 is 2.00 bits per heavy atom. The van der Waals surface area contributed by atoms with E-state index in [0.717, 1.165) is 12.0 Å². The maximum atomic E-state index is 6.25. The van der Waals surface area contributed by atoms with Crippen LogP contribution < -0.4 is 5.73 Å². The first-order chi connectivity index (χ1) is 9.49. The summed E-state index contributed by atoms with van der Waals surface area (Å²) in [5.74, 6) is 0. The Labute approximate surface area is 125 Å². The average molecular weight is 278 g/mol. The van der Waals surface area contributed by atoms with Gasteiger partial charge in [-0.1, -0.05) is 33.1 Å². The molecule has 20 heavy (non-hydrogen) atoms. The molecule has 0 aromatic carbocycles. The molecule has 3 aliphatic rings. The van der Waals surface area contributed by atoms with E-state index in [4.69, 9.17) is 5.73 Å². The molecule has 3 rings (SSSR count). The van der Waals surface area contributed by atoms with E-state index in [-0.39, 0.29) is 0 Å². The number of nitrogens with two attached hydrogens (primary N) is 1. The minimum Gasteiger partial charge on any atom is -0.329 e. The second-order valence-electron chi connectivity index (χ2n) is 8.82. The van der Waals surface area contributed by atoms with Gasteiger partial charge >= 0.3 is 0 Å². The largest absolute Gasteiger partial charge is 0.329 e. The summed E-state index contributed by atoms with van der Waals surface area (Å²) in [6.07, 6.45) is 14.3. The van der Waals surface area contributed by atoms with Crippen LogP contribution in [0.1, 0.15) is 78.1 Å². The Kier molecular flexibility index (Phi) is 3.92. The summed E-state index contributed by atoms with van der Waals surface area (Å²) in [6, 6.07) is 0. The molecule has 1 saturated heterocycles. The second-order valence-corrected chi connectivity index (χ2v) is 8.82. The van der Waals surface area contributed by atoms with Gasteiger partial charge in [0.2, 0.25) is 0 Å². The highest BCUT2D eigenvalue weighted by Gasteiger charge is 2.48. The van der Waals surface area contributed by atoms with E-state index >= 15 is 0 Å². The topological polar surface area (TPSA) is 29.3 Å². The lowest BCUT2D eigenvalue weighted by molar-refractivity contribution is 0.00233. The number of rotatable bonds is 2. The third-order valence-electron chi connectivity index (χ3n) is 6.86. The molecule has 2 aliphatic carbocycles. The summed E-state index contributed by atoms with van der Waals surface area (Å²) in [5, 5.41) is 0. The molecule has 3 fully saturated rings. The smallest absolute Gasteiger partial charge is 0.0337 e. The van der Waals surface area contributed by atoms with Gasteiger partial charge in [0, 0.05) is 12.1 Å². The van der Waals surface area contributed by atoms with Crippen LogP contribution in [0.15, 0.2) is 0 Å². The van der Waals surface area contributed by atoms with Crippen molar-refractivity contribution in [3.8, 4) is 0 Å². The zero-order valence-corrected chi connectivity index (χ0v) is 13.7. The predicted octanol–water partition coefficient (Wildman–Crippen LogP) is 3.94. The van der Waals surface area contributed by atoms with Crippen molar-refractivity contribution in [1.82, 2.24) is 4.90 Å². The summed E-state index contributed by atoms with van der Waals surface area (Å²) in [6.45, 7) is 8.35. The lowest BCUT2D eigenvalue weighted by Gasteiger charge is -2.50. The quantitative estimate of drug-likeness (QED) is 0.829. The average Bonchev–Trinajstić information content (AvgIpc) is 2.77. The summed E-state index contributed by atoms with van der Waals surface area (Å²) >= 11 is 0. The Balaban J connectivity index is 1.65. The molecule has 1 spiro atoms. The van der Waals surface area contributed by atoms with Crippen LogP contribution >= 0.6 is 0 Å². The van der Waals surface area contributed by atoms with Crippen molar-refractivity contribution in [1.29, 1.82) is 0 Å². The third-order valence-corrected chi connectivity index (χ3v) is 6.86. The summed E-state index contributed by atoms with van der Waals surface area (Å²) < 4.78 is 0. The number of piperidine rings is 1. The third kappa shape index (κ3) is 2.66. The van der Waals surface area contributed by atoms with Crippen LogP contribution in [0, 0.1) is 10.8 Å². The van der Waals surface area contributed by atoms with Crippen LogP contribution in [0.25, 0.3) is 0 Å². The molecule has 1 unspecified atom stereocenters. The number of likely N-dealkylation sites (tertiary alicyclic amines) is 1. The lowest BCUT2D eigenvalue weighted by Crippen LogP contribution is -2.56. The van der Waals surface area contributed by atoms with E-state index in [1.54, 1.807) is 0 Å². The van der Waals surface area contributed by atoms with Crippen molar-refractivity contribution in [2.75, 3.05) is 19.6 Å². The Bertz CT molecular complexity index is 333. The van der Waals surface area contributed by atoms with Gasteiger partial charge < -0.3 is 5.73 Å².